The normalized spacial score (nSPS) is 48.2. The molecule has 0 radical (unpaired) electrons. The van der Waals surface area contributed by atoms with Crippen LogP contribution in [-0.2, 0) is 4.84 Å². The van der Waals surface area contributed by atoms with Crippen LogP contribution in [0.5, 0.6) is 0 Å². The zero-order chi connectivity index (χ0) is 19.2. The van der Waals surface area contributed by atoms with E-state index in [-0.39, 0.29) is 5.41 Å². The SMILES string of the molecule is CN(C)CCO/N=C1/CC[C@H]2[C@@H]3CC[C@H]4C[C@H](Cl)CC[C@]4(C)[C@H]3CC[C@]12C. The van der Waals surface area contributed by atoms with Crippen molar-refractivity contribution in [3.05, 3.63) is 0 Å². The fourth-order valence-corrected chi connectivity index (χ4v) is 7.82. The Bertz CT molecular complexity index is 579. The molecule has 0 amide bonds. The Balaban J connectivity index is 1.48. The van der Waals surface area contributed by atoms with E-state index >= 15 is 0 Å². The second-order valence-electron chi connectivity index (χ2n) is 10.7. The van der Waals surface area contributed by atoms with Crippen molar-refractivity contribution in [2.24, 2.45) is 39.7 Å². The summed E-state index contributed by atoms with van der Waals surface area (Å²) in [6, 6.07) is 0. The van der Waals surface area contributed by atoms with Gasteiger partial charge in [0.2, 0.25) is 0 Å². The van der Waals surface area contributed by atoms with Crippen LogP contribution in [0.3, 0.4) is 0 Å². The summed E-state index contributed by atoms with van der Waals surface area (Å²) in [6.07, 6.45) is 11.8. The van der Waals surface area contributed by atoms with Crippen molar-refractivity contribution in [1.29, 1.82) is 0 Å². The molecule has 27 heavy (non-hydrogen) atoms. The molecule has 0 N–H and O–H groups in total. The van der Waals surface area contributed by atoms with Gasteiger partial charge in [0.1, 0.15) is 6.61 Å². The van der Waals surface area contributed by atoms with Crippen molar-refractivity contribution in [3.63, 3.8) is 0 Å². The van der Waals surface area contributed by atoms with Gasteiger partial charge in [0.25, 0.3) is 0 Å². The first kappa shape index (κ1) is 20.0. The minimum Gasteiger partial charge on any atom is -0.394 e. The molecular weight excluding hydrogens is 356 g/mol. The zero-order valence-corrected chi connectivity index (χ0v) is 18.6. The van der Waals surface area contributed by atoms with Crippen molar-refractivity contribution in [2.45, 2.75) is 77.0 Å². The number of hydrogen-bond donors (Lipinski definition) is 0. The van der Waals surface area contributed by atoms with E-state index in [4.69, 9.17) is 16.4 Å². The molecule has 0 aliphatic heterocycles. The van der Waals surface area contributed by atoms with Crippen LogP contribution < -0.4 is 0 Å². The molecule has 7 atom stereocenters. The van der Waals surface area contributed by atoms with Crippen LogP contribution in [0.2, 0.25) is 0 Å². The molecule has 4 rings (SSSR count). The predicted octanol–water partition coefficient (Wildman–Crippen LogP) is 5.57. The van der Waals surface area contributed by atoms with Crippen molar-refractivity contribution in [2.75, 3.05) is 27.2 Å². The lowest BCUT2D eigenvalue weighted by Crippen LogP contribution is -2.53. The van der Waals surface area contributed by atoms with Gasteiger partial charge in [-0.15, -0.1) is 11.6 Å². The summed E-state index contributed by atoms with van der Waals surface area (Å²) in [5.41, 5.74) is 2.19. The van der Waals surface area contributed by atoms with Gasteiger partial charge in [-0.1, -0.05) is 19.0 Å². The number of fused-ring (bicyclic) bond motifs is 5. The van der Waals surface area contributed by atoms with Crippen molar-refractivity contribution >= 4 is 17.3 Å². The Kier molecular flexibility index (Phi) is 5.57. The number of hydrogen-bond acceptors (Lipinski definition) is 3. The minimum absolute atomic E-state index is 0.284. The molecule has 4 aliphatic rings. The average molecular weight is 395 g/mol. The van der Waals surface area contributed by atoms with Gasteiger partial charge in [-0.05, 0) is 101 Å². The van der Waals surface area contributed by atoms with Crippen molar-refractivity contribution in [3.8, 4) is 0 Å². The lowest BCUT2D eigenvalue weighted by molar-refractivity contribution is -0.0932. The Labute approximate surface area is 171 Å². The van der Waals surface area contributed by atoms with Crippen molar-refractivity contribution < 1.29 is 4.84 Å². The molecule has 0 aromatic rings. The maximum Gasteiger partial charge on any atom is 0.129 e. The number of likely N-dealkylation sites (N-methyl/N-ethyl adjacent to an activating group) is 1. The summed E-state index contributed by atoms with van der Waals surface area (Å²) < 4.78 is 0. The Morgan fingerprint density at radius 3 is 2.67 bits per heavy atom. The van der Waals surface area contributed by atoms with Gasteiger partial charge in [-0.2, -0.15) is 0 Å². The topological polar surface area (TPSA) is 24.8 Å². The van der Waals surface area contributed by atoms with Crippen LogP contribution in [0, 0.1) is 34.5 Å². The number of rotatable bonds is 4. The van der Waals surface area contributed by atoms with Crippen LogP contribution in [0.1, 0.15) is 71.6 Å². The van der Waals surface area contributed by atoms with E-state index in [1.165, 1.54) is 57.1 Å². The first-order valence-corrected chi connectivity index (χ1v) is 11.8. The Morgan fingerprint density at radius 1 is 1.07 bits per heavy atom. The molecule has 4 saturated carbocycles. The van der Waals surface area contributed by atoms with Gasteiger partial charge in [0.15, 0.2) is 0 Å². The van der Waals surface area contributed by atoms with Crippen LogP contribution >= 0.6 is 11.6 Å². The van der Waals surface area contributed by atoms with Crippen LogP contribution in [0.25, 0.3) is 0 Å². The van der Waals surface area contributed by atoms with E-state index in [2.05, 4.69) is 38.0 Å². The lowest BCUT2D eigenvalue weighted by atomic mass is 9.45. The maximum atomic E-state index is 6.55. The predicted molar refractivity (Wildman–Crippen MR) is 113 cm³/mol. The molecule has 0 aromatic carbocycles. The van der Waals surface area contributed by atoms with Crippen LogP contribution in [0.15, 0.2) is 5.16 Å². The summed E-state index contributed by atoms with van der Waals surface area (Å²) in [7, 11) is 4.17. The molecule has 4 aliphatic carbocycles. The molecule has 0 aromatic heterocycles. The van der Waals surface area contributed by atoms with E-state index in [1.807, 2.05) is 0 Å². The quantitative estimate of drug-likeness (QED) is 0.353. The first-order chi connectivity index (χ1) is 12.8. The summed E-state index contributed by atoms with van der Waals surface area (Å²) in [5, 5.41) is 5.10. The maximum absolute atomic E-state index is 6.55. The monoisotopic (exact) mass is 394 g/mol. The highest BCUT2D eigenvalue weighted by atomic mass is 35.5. The molecule has 0 bridgehead atoms. The van der Waals surface area contributed by atoms with E-state index in [0.717, 1.165) is 36.6 Å². The van der Waals surface area contributed by atoms with Crippen LogP contribution in [0.4, 0.5) is 0 Å². The average Bonchev–Trinajstić information content (AvgIpc) is 2.96. The number of alkyl halides is 1. The lowest BCUT2D eigenvalue weighted by Gasteiger charge is -2.60. The molecule has 0 saturated heterocycles. The highest BCUT2D eigenvalue weighted by molar-refractivity contribution is 6.20. The largest absolute Gasteiger partial charge is 0.394 e. The Hall–Kier alpha value is -0.280. The molecule has 3 nitrogen and oxygen atoms in total. The third-order valence-corrected chi connectivity index (χ3v) is 9.54. The molecule has 0 unspecified atom stereocenters. The zero-order valence-electron chi connectivity index (χ0n) is 17.8. The third-order valence-electron chi connectivity index (χ3n) is 9.15. The van der Waals surface area contributed by atoms with E-state index < -0.39 is 0 Å². The second kappa shape index (κ2) is 7.52. The van der Waals surface area contributed by atoms with Gasteiger partial charge in [0.05, 0.1) is 5.71 Å². The second-order valence-corrected chi connectivity index (χ2v) is 11.3. The van der Waals surface area contributed by atoms with E-state index in [9.17, 15) is 0 Å². The standard InChI is InChI=1S/C23H39ClN2O/c1-22-11-9-17(24)15-16(22)5-6-18-19-7-8-21(25-27-14-13-26(3)4)23(19,2)12-10-20(18)22/h16-20H,5-15H2,1-4H3/b25-21-/t16-,17+,18-,19-,20-,22-,23-/m0/s1. The third kappa shape index (κ3) is 3.45. The highest BCUT2D eigenvalue weighted by Crippen LogP contribution is 2.65. The van der Waals surface area contributed by atoms with E-state index in [0.29, 0.717) is 17.4 Å². The smallest absolute Gasteiger partial charge is 0.129 e. The summed E-state index contributed by atoms with van der Waals surface area (Å²) >= 11 is 6.55. The summed E-state index contributed by atoms with van der Waals surface area (Å²) in [4.78, 5) is 7.88. The van der Waals surface area contributed by atoms with E-state index in [1.54, 1.807) is 0 Å². The fourth-order valence-electron chi connectivity index (χ4n) is 7.49. The fraction of sp³-hybridized carbons (Fsp3) is 0.957. The first-order valence-electron chi connectivity index (χ1n) is 11.3. The van der Waals surface area contributed by atoms with Crippen LogP contribution in [-0.4, -0.2) is 43.2 Å². The van der Waals surface area contributed by atoms with Crippen molar-refractivity contribution in [1.82, 2.24) is 4.90 Å². The van der Waals surface area contributed by atoms with Gasteiger partial charge in [0, 0.05) is 17.3 Å². The molecule has 154 valence electrons. The molecule has 4 fully saturated rings. The number of halogens is 1. The summed E-state index contributed by atoms with van der Waals surface area (Å²) in [6.45, 7) is 6.75. The van der Waals surface area contributed by atoms with Gasteiger partial charge >= 0.3 is 0 Å². The number of nitrogens with zero attached hydrogens (tertiary/aromatic N) is 2. The number of oxime groups is 1. The highest BCUT2D eigenvalue weighted by Gasteiger charge is 2.59. The van der Waals surface area contributed by atoms with Gasteiger partial charge in [-0.25, -0.2) is 0 Å². The Morgan fingerprint density at radius 2 is 1.89 bits per heavy atom. The minimum atomic E-state index is 0.284. The van der Waals surface area contributed by atoms with Gasteiger partial charge in [-0.3, -0.25) is 0 Å². The molecule has 0 heterocycles. The molecule has 0 spiro atoms. The molecular formula is C23H39ClN2O. The molecule has 4 heteroatoms. The summed E-state index contributed by atoms with van der Waals surface area (Å²) in [5.74, 6) is 3.49. The van der Waals surface area contributed by atoms with Gasteiger partial charge < -0.3 is 9.74 Å².